The van der Waals surface area contributed by atoms with Gasteiger partial charge in [-0.05, 0) is 31.5 Å². The molecule has 1 N–H and O–H groups in total. The highest BCUT2D eigenvalue weighted by molar-refractivity contribution is 8.53. The van der Waals surface area contributed by atoms with Crippen molar-refractivity contribution in [3.05, 3.63) is 59.9 Å². The van der Waals surface area contributed by atoms with E-state index in [9.17, 15) is 0 Å². The van der Waals surface area contributed by atoms with E-state index in [4.69, 9.17) is 9.05 Å². The molecule has 0 aliphatic carbocycles. The Morgan fingerprint density at radius 2 is 1.75 bits per heavy atom. The lowest BCUT2D eigenvalue weighted by atomic mass is 10.1. The summed E-state index contributed by atoms with van der Waals surface area (Å²) in [5.41, 5.74) is 2.43. The molecule has 2 aromatic rings. The molecule has 0 fully saturated rings. The fourth-order valence-corrected chi connectivity index (χ4v) is 5.38. The summed E-state index contributed by atoms with van der Waals surface area (Å²) in [6.07, 6.45) is 1.95. The van der Waals surface area contributed by atoms with E-state index >= 15 is 0 Å². The van der Waals surface area contributed by atoms with Crippen molar-refractivity contribution in [3.63, 3.8) is 0 Å². The topological polar surface area (TPSA) is 34.2 Å². The van der Waals surface area contributed by atoms with Crippen LogP contribution in [0.25, 0.3) is 0 Å². The predicted octanol–water partition coefficient (Wildman–Crippen LogP) is 5.14. The molecule has 0 bridgehead atoms. The minimum absolute atomic E-state index is 0.204. The van der Waals surface area contributed by atoms with E-state index in [-0.39, 0.29) is 5.25 Å². The highest BCUT2D eigenvalue weighted by Gasteiger charge is 2.22. The van der Waals surface area contributed by atoms with Gasteiger partial charge >= 0.3 is 0 Å². The fraction of sp³-hybridized carbons (Fsp3) is 0.333. The fourth-order valence-electron chi connectivity index (χ4n) is 1.83. The largest absolute Gasteiger partial charge is 0.364 e. The molecule has 0 aliphatic heterocycles. The average Bonchev–Trinajstić information content (AvgIpc) is 3.00. The van der Waals surface area contributed by atoms with Crippen LogP contribution in [-0.4, -0.2) is 18.2 Å². The van der Waals surface area contributed by atoms with Gasteiger partial charge in [-0.15, -0.1) is 0 Å². The Labute approximate surface area is 125 Å². The van der Waals surface area contributed by atoms with Gasteiger partial charge in [0.25, 0.3) is 0 Å². The van der Waals surface area contributed by atoms with Gasteiger partial charge < -0.3 is 14.0 Å². The summed E-state index contributed by atoms with van der Waals surface area (Å²) in [6, 6.07) is 14.6. The Morgan fingerprint density at radius 3 is 2.30 bits per heavy atom. The highest BCUT2D eigenvalue weighted by Crippen LogP contribution is 2.59. The maximum absolute atomic E-state index is 5.72. The molecule has 0 aliphatic rings. The number of H-pyrrole nitrogens is 1. The molecule has 1 aromatic heterocycles. The third kappa shape index (κ3) is 4.35. The molecule has 0 saturated heterocycles. The first-order valence-corrected chi connectivity index (χ1v) is 9.42. The van der Waals surface area contributed by atoms with Crippen molar-refractivity contribution >= 4 is 19.0 Å². The minimum atomic E-state index is -0.932. The van der Waals surface area contributed by atoms with E-state index < -0.39 is 7.58 Å². The lowest BCUT2D eigenvalue weighted by Crippen LogP contribution is -1.98. The summed E-state index contributed by atoms with van der Waals surface area (Å²) in [6.45, 7) is 5.35. The molecule has 1 unspecified atom stereocenters. The van der Waals surface area contributed by atoms with Crippen molar-refractivity contribution in [3.8, 4) is 0 Å². The van der Waals surface area contributed by atoms with Gasteiger partial charge in [0, 0.05) is 11.9 Å². The molecule has 3 nitrogen and oxygen atoms in total. The van der Waals surface area contributed by atoms with E-state index in [1.807, 2.05) is 32.2 Å². The van der Waals surface area contributed by atoms with Crippen molar-refractivity contribution in [2.75, 3.05) is 13.2 Å². The van der Waals surface area contributed by atoms with Crippen LogP contribution in [0.2, 0.25) is 0 Å². The number of aromatic nitrogens is 1. The number of hydrogen-bond donors (Lipinski definition) is 1. The van der Waals surface area contributed by atoms with Crippen LogP contribution in [0.3, 0.4) is 0 Å². The quantitative estimate of drug-likeness (QED) is 0.686. The van der Waals surface area contributed by atoms with Crippen molar-refractivity contribution < 1.29 is 9.05 Å². The number of hydrogen-bond acceptors (Lipinski definition) is 3. The zero-order valence-corrected chi connectivity index (χ0v) is 13.5. The zero-order valence-electron chi connectivity index (χ0n) is 11.8. The second kappa shape index (κ2) is 8.48. The molecule has 1 heterocycles. The van der Waals surface area contributed by atoms with Crippen LogP contribution < -0.4 is 0 Å². The van der Waals surface area contributed by atoms with E-state index in [2.05, 4.69) is 35.3 Å². The normalized spacial score (nSPS) is 12.8. The van der Waals surface area contributed by atoms with E-state index in [1.54, 1.807) is 11.4 Å². The molecular weight excluding hydrogens is 289 g/mol. The molecule has 2 rings (SSSR count). The third-order valence-electron chi connectivity index (χ3n) is 2.67. The average molecular weight is 309 g/mol. The van der Waals surface area contributed by atoms with Crippen LogP contribution in [0.1, 0.15) is 30.4 Å². The third-order valence-corrected chi connectivity index (χ3v) is 6.30. The van der Waals surface area contributed by atoms with Gasteiger partial charge in [0.2, 0.25) is 7.58 Å². The molecule has 0 radical (unpaired) electrons. The van der Waals surface area contributed by atoms with Crippen molar-refractivity contribution in [1.29, 1.82) is 0 Å². The number of aromatic amines is 1. The van der Waals surface area contributed by atoms with Gasteiger partial charge in [0.15, 0.2) is 0 Å². The van der Waals surface area contributed by atoms with Crippen LogP contribution >= 0.6 is 19.0 Å². The van der Waals surface area contributed by atoms with Crippen LogP contribution in [0.15, 0.2) is 48.7 Å². The lowest BCUT2D eigenvalue weighted by Gasteiger charge is -2.21. The van der Waals surface area contributed by atoms with Gasteiger partial charge in [-0.1, -0.05) is 41.7 Å². The first-order valence-electron chi connectivity index (χ1n) is 6.76. The molecule has 20 heavy (non-hydrogen) atoms. The first kappa shape index (κ1) is 15.6. The summed E-state index contributed by atoms with van der Waals surface area (Å²) in [5.74, 6) is 0. The monoisotopic (exact) mass is 309 g/mol. The van der Waals surface area contributed by atoms with Crippen molar-refractivity contribution in [2.45, 2.75) is 19.1 Å². The minimum Gasteiger partial charge on any atom is -0.364 e. The number of nitrogens with one attached hydrogen (secondary N) is 1. The van der Waals surface area contributed by atoms with Gasteiger partial charge in [-0.3, -0.25) is 0 Å². The molecule has 108 valence electrons. The second-order valence-electron chi connectivity index (χ2n) is 4.08. The molecular formula is C15H20NO2PS. The summed E-state index contributed by atoms with van der Waals surface area (Å²) in [4.78, 5) is 3.30. The zero-order chi connectivity index (χ0) is 14.2. The first-order chi connectivity index (χ1) is 9.85. The summed E-state index contributed by atoms with van der Waals surface area (Å²) < 4.78 is 11.4. The van der Waals surface area contributed by atoms with Crippen LogP contribution in [0, 0.1) is 0 Å². The second-order valence-corrected chi connectivity index (χ2v) is 7.25. The Morgan fingerprint density at radius 1 is 1.05 bits per heavy atom. The van der Waals surface area contributed by atoms with Crippen molar-refractivity contribution in [1.82, 2.24) is 4.98 Å². The summed E-state index contributed by atoms with van der Waals surface area (Å²) in [5, 5.41) is 0.204. The molecule has 5 heteroatoms. The molecule has 0 amide bonds. The van der Waals surface area contributed by atoms with Crippen LogP contribution in [0.4, 0.5) is 0 Å². The van der Waals surface area contributed by atoms with Gasteiger partial charge in [0.05, 0.1) is 18.5 Å². The number of rotatable bonds is 8. The highest BCUT2D eigenvalue weighted by atomic mass is 32.7. The van der Waals surface area contributed by atoms with Crippen LogP contribution in [0.5, 0.6) is 0 Å². The Balaban J connectivity index is 2.19. The maximum Gasteiger partial charge on any atom is 0.239 e. The SMILES string of the molecule is CCOP(OCC)SC(c1ccccc1)c1ccc[nH]1. The standard InChI is InChI=1S/C15H20NO2PS/c1-3-17-19(18-4-2)20-15(14-11-8-12-16-14)13-9-6-5-7-10-13/h5-12,15-16H,3-4H2,1-2H3. The van der Waals surface area contributed by atoms with E-state index in [0.717, 1.165) is 0 Å². The summed E-state index contributed by atoms with van der Waals surface area (Å²) >= 11 is 1.74. The van der Waals surface area contributed by atoms with E-state index in [0.29, 0.717) is 13.2 Å². The van der Waals surface area contributed by atoms with Crippen molar-refractivity contribution in [2.24, 2.45) is 0 Å². The van der Waals surface area contributed by atoms with E-state index in [1.165, 1.54) is 11.3 Å². The molecule has 0 saturated carbocycles. The Bertz CT molecular complexity index is 472. The van der Waals surface area contributed by atoms with Crippen LogP contribution in [-0.2, 0) is 9.05 Å². The predicted molar refractivity (Wildman–Crippen MR) is 86.8 cm³/mol. The Kier molecular flexibility index (Phi) is 6.61. The van der Waals surface area contributed by atoms with Gasteiger partial charge in [-0.25, -0.2) is 0 Å². The Hall–Kier alpha value is -0.800. The van der Waals surface area contributed by atoms with Gasteiger partial charge in [0.1, 0.15) is 0 Å². The maximum atomic E-state index is 5.72. The number of benzene rings is 1. The molecule has 1 atom stereocenters. The smallest absolute Gasteiger partial charge is 0.239 e. The lowest BCUT2D eigenvalue weighted by molar-refractivity contribution is 0.283. The molecule has 0 spiro atoms. The summed E-state index contributed by atoms with van der Waals surface area (Å²) in [7, 11) is -0.932. The molecule has 1 aromatic carbocycles. The van der Waals surface area contributed by atoms with Gasteiger partial charge in [-0.2, -0.15) is 0 Å².